The summed E-state index contributed by atoms with van der Waals surface area (Å²) in [5.74, 6) is 0.764. The second-order valence-electron chi connectivity index (χ2n) is 5.46. The molecule has 0 aliphatic carbocycles. The van der Waals surface area contributed by atoms with E-state index in [4.69, 9.17) is 5.73 Å². The molecule has 1 aliphatic heterocycles. The monoisotopic (exact) mass is 226 g/mol. The molecule has 0 saturated carbocycles. The van der Waals surface area contributed by atoms with Crippen LogP contribution in [0.2, 0.25) is 0 Å². The van der Waals surface area contributed by atoms with Crippen LogP contribution in [-0.2, 0) is 0 Å². The molecular formula is C14H30N2. The van der Waals surface area contributed by atoms with E-state index in [1.807, 2.05) is 0 Å². The van der Waals surface area contributed by atoms with Crippen molar-refractivity contribution in [2.24, 2.45) is 11.7 Å². The molecule has 0 amide bonds. The van der Waals surface area contributed by atoms with Crippen molar-refractivity contribution in [3.8, 4) is 0 Å². The standard InChI is InChI=1S/C14H30N2/c1-4-6-14(7-5-2)16-10-8-13(9-11-16)12(3)15/h12-14H,4-11,15H2,1-3H3. The molecule has 2 heteroatoms. The molecule has 0 aromatic rings. The molecule has 0 aromatic heterocycles. The van der Waals surface area contributed by atoms with E-state index in [1.165, 1.54) is 51.6 Å². The highest BCUT2D eigenvalue weighted by molar-refractivity contribution is 4.81. The molecule has 2 nitrogen and oxygen atoms in total. The first-order valence-electron chi connectivity index (χ1n) is 7.18. The van der Waals surface area contributed by atoms with Gasteiger partial charge in [-0.1, -0.05) is 26.7 Å². The fourth-order valence-electron chi connectivity index (χ4n) is 2.99. The zero-order valence-corrected chi connectivity index (χ0v) is 11.4. The van der Waals surface area contributed by atoms with Gasteiger partial charge in [0.15, 0.2) is 0 Å². The number of hydrogen-bond donors (Lipinski definition) is 1. The molecule has 0 bridgehead atoms. The zero-order valence-electron chi connectivity index (χ0n) is 11.4. The van der Waals surface area contributed by atoms with Crippen molar-refractivity contribution in [1.82, 2.24) is 4.90 Å². The molecule has 1 heterocycles. The Balaban J connectivity index is 2.37. The summed E-state index contributed by atoms with van der Waals surface area (Å²) in [7, 11) is 0. The lowest BCUT2D eigenvalue weighted by atomic mass is 9.89. The Morgan fingerprint density at radius 3 is 2.00 bits per heavy atom. The van der Waals surface area contributed by atoms with Crippen LogP contribution >= 0.6 is 0 Å². The number of nitrogens with zero attached hydrogens (tertiary/aromatic N) is 1. The van der Waals surface area contributed by atoms with E-state index in [1.54, 1.807) is 0 Å². The van der Waals surface area contributed by atoms with Crippen LogP contribution in [0.3, 0.4) is 0 Å². The average molecular weight is 226 g/mol. The number of likely N-dealkylation sites (tertiary alicyclic amines) is 1. The van der Waals surface area contributed by atoms with E-state index >= 15 is 0 Å². The molecule has 1 unspecified atom stereocenters. The number of rotatable bonds is 6. The summed E-state index contributed by atoms with van der Waals surface area (Å²) in [5, 5.41) is 0. The zero-order chi connectivity index (χ0) is 12.0. The van der Waals surface area contributed by atoms with Crippen LogP contribution in [0.25, 0.3) is 0 Å². The van der Waals surface area contributed by atoms with Crippen LogP contribution in [0.4, 0.5) is 0 Å². The number of hydrogen-bond acceptors (Lipinski definition) is 2. The van der Waals surface area contributed by atoms with Gasteiger partial charge in [-0.05, 0) is 51.6 Å². The highest BCUT2D eigenvalue weighted by Gasteiger charge is 2.25. The maximum Gasteiger partial charge on any atom is 0.00950 e. The van der Waals surface area contributed by atoms with E-state index < -0.39 is 0 Å². The highest BCUT2D eigenvalue weighted by Crippen LogP contribution is 2.24. The molecule has 1 fully saturated rings. The van der Waals surface area contributed by atoms with E-state index in [0.29, 0.717) is 6.04 Å². The molecule has 2 N–H and O–H groups in total. The quantitative estimate of drug-likeness (QED) is 0.754. The molecule has 0 spiro atoms. The minimum absolute atomic E-state index is 0.387. The van der Waals surface area contributed by atoms with E-state index in [2.05, 4.69) is 25.7 Å². The van der Waals surface area contributed by atoms with E-state index in [-0.39, 0.29) is 0 Å². The third kappa shape index (κ3) is 4.06. The van der Waals surface area contributed by atoms with Gasteiger partial charge in [-0.25, -0.2) is 0 Å². The third-order valence-electron chi connectivity index (χ3n) is 4.08. The van der Waals surface area contributed by atoms with Crippen LogP contribution in [0.1, 0.15) is 59.3 Å². The maximum atomic E-state index is 5.99. The van der Waals surface area contributed by atoms with Crippen molar-refractivity contribution < 1.29 is 0 Å². The summed E-state index contributed by atoms with van der Waals surface area (Å²) in [6.45, 7) is 9.32. The Kier molecular flexibility index (Phi) is 6.37. The average Bonchev–Trinajstić information content (AvgIpc) is 2.29. The Labute approximate surface area is 102 Å². The van der Waals surface area contributed by atoms with Crippen LogP contribution in [-0.4, -0.2) is 30.1 Å². The summed E-state index contributed by atoms with van der Waals surface area (Å²) >= 11 is 0. The van der Waals surface area contributed by atoms with Gasteiger partial charge in [-0.2, -0.15) is 0 Å². The molecule has 96 valence electrons. The number of piperidine rings is 1. The van der Waals surface area contributed by atoms with Crippen LogP contribution < -0.4 is 5.73 Å². The normalized spacial score (nSPS) is 21.6. The van der Waals surface area contributed by atoms with Gasteiger partial charge in [0.2, 0.25) is 0 Å². The van der Waals surface area contributed by atoms with Crippen LogP contribution in [0, 0.1) is 5.92 Å². The molecule has 0 aromatic carbocycles. The van der Waals surface area contributed by atoms with Crippen LogP contribution in [0.15, 0.2) is 0 Å². The molecular weight excluding hydrogens is 196 g/mol. The molecule has 1 aliphatic rings. The van der Waals surface area contributed by atoms with Crippen molar-refractivity contribution in [2.45, 2.75) is 71.4 Å². The highest BCUT2D eigenvalue weighted by atomic mass is 15.2. The van der Waals surface area contributed by atoms with E-state index in [9.17, 15) is 0 Å². The second kappa shape index (κ2) is 7.29. The van der Waals surface area contributed by atoms with Gasteiger partial charge in [0, 0.05) is 12.1 Å². The predicted molar refractivity (Wildman–Crippen MR) is 71.6 cm³/mol. The predicted octanol–water partition coefficient (Wildman–Crippen LogP) is 3.01. The Hall–Kier alpha value is -0.0800. The smallest absolute Gasteiger partial charge is 0.00950 e. The third-order valence-corrected chi connectivity index (χ3v) is 4.08. The molecule has 1 atom stereocenters. The van der Waals surface area contributed by atoms with Crippen molar-refractivity contribution in [3.63, 3.8) is 0 Å². The first-order valence-corrected chi connectivity index (χ1v) is 7.18. The maximum absolute atomic E-state index is 5.99. The second-order valence-corrected chi connectivity index (χ2v) is 5.46. The summed E-state index contributed by atoms with van der Waals surface area (Å²) < 4.78 is 0. The van der Waals surface area contributed by atoms with Gasteiger partial charge in [0.25, 0.3) is 0 Å². The number of nitrogens with two attached hydrogens (primary N) is 1. The van der Waals surface area contributed by atoms with Crippen molar-refractivity contribution >= 4 is 0 Å². The van der Waals surface area contributed by atoms with Gasteiger partial charge in [-0.15, -0.1) is 0 Å². The van der Waals surface area contributed by atoms with Crippen LogP contribution in [0.5, 0.6) is 0 Å². The summed E-state index contributed by atoms with van der Waals surface area (Å²) in [5.41, 5.74) is 5.99. The molecule has 1 rings (SSSR count). The lowest BCUT2D eigenvalue weighted by Gasteiger charge is -2.38. The summed E-state index contributed by atoms with van der Waals surface area (Å²) in [6.07, 6.45) is 7.99. The van der Waals surface area contributed by atoms with Crippen molar-refractivity contribution in [1.29, 1.82) is 0 Å². The molecule has 1 saturated heterocycles. The fourth-order valence-corrected chi connectivity index (χ4v) is 2.99. The SMILES string of the molecule is CCCC(CCC)N1CCC(C(C)N)CC1. The Morgan fingerprint density at radius 1 is 1.12 bits per heavy atom. The summed E-state index contributed by atoms with van der Waals surface area (Å²) in [6, 6.07) is 1.22. The minimum Gasteiger partial charge on any atom is -0.328 e. The lowest BCUT2D eigenvalue weighted by Crippen LogP contribution is -2.44. The van der Waals surface area contributed by atoms with Crippen molar-refractivity contribution in [3.05, 3.63) is 0 Å². The Morgan fingerprint density at radius 2 is 1.62 bits per heavy atom. The Bertz CT molecular complexity index is 166. The van der Waals surface area contributed by atoms with Gasteiger partial charge in [-0.3, -0.25) is 0 Å². The summed E-state index contributed by atoms with van der Waals surface area (Å²) in [4.78, 5) is 2.71. The van der Waals surface area contributed by atoms with Gasteiger partial charge < -0.3 is 10.6 Å². The fraction of sp³-hybridized carbons (Fsp3) is 1.00. The van der Waals surface area contributed by atoms with Gasteiger partial charge in [0.05, 0.1) is 0 Å². The van der Waals surface area contributed by atoms with Crippen molar-refractivity contribution in [2.75, 3.05) is 13.1 Å². The first-order chi connectivity index (χ1) is 7.69. The topological polar surface area (TPSA) is 29.3 Å². The molecule has 16 heavy (non-hydrogen) atoms. The largest absolute Gasteiger partial charge is 0.328 e. The molecule has 0 radical (unpaired) electrons. The van der Waals surface area contributed by atoms with Gasteiger partial charge >= 0.3 is 0 Å². The first kappa shape index (κ1) is 14.0. The lowest BCUT2D eigenvalue weighted by molar-refractivity contribution is 0.112. The van der Waals surface area contributed by atoms with E-state index in [0.717, 1.165) is 12.0 Å². The minimum atomic E-state index is 0.387. The van der Waals surface area contributed by atoms with Gasteiger partial charge in [0.1, 0.15) is 0 Å².